The minimum atomic E-state index is -0.240. The molecule has 1 aliphatic rings. The lowest BCUT2D eigenvalue weighted by Crippen LogP contribution is -2.40. The zero-order valence-electron chi connectivity index (χ0n) is 20.2. The van der Waals surface area contributed by atoms with Gasteiger partial charge in [0.2, 0.25) is 0 Å². The number of para-hydroxylation sites is 2. The number of nitrogens with two attached hydrogens (primary N) is 1. The molecular weight excluding hydrogens is 456 g/mol. The summed E-state index contributed by atoms with van der Waals surface area (Å²) in [6, 6.07) is 17.8. The van der Waals surface area contributed by atoms with Gasteiger partial charge in [0.25, 0.3) is 5.91 Å². The van der Waals surface area contributed by atoms with Crippen LogP contribution in [0, 0.1) is 0 Å². The second-order valence-corrected chi connectivity index (χ2v) is 8.64. The number of ether oxygens (including phenoxy) is 1. The first kappa shape index (κ1) is 25.2. The molecule has 0 aliphatic carbocycles. The van der Waals surface area contributed by atoms with Gasteiger partial charge >= 0.3 is 6.03 Å². The number of hydrogen-bond acceptors (Lipinski definition) is 6. The number of rotatable bonds is 9. The van der Waals surface area contributed by atoms with Gasteiger partial charge in [0, 0.05) is 44.5 Å². The van der Waals surface area contributed by atoms with Crippen molar-refractivity contribution in [3.05, 3.63) is 84.2 Å². The predicted octanol–water partition coefficient (Wildman–Crippen LogP) is 3.67. The summed E-state index contributed by atoms with van der Waals surface area (Å²) in [5, 5.41) is 5.76. The number of aromatic nitrogens is 1. The number of nitrogens with one attached hydrogen (secondary N) is 2. The van der Waals surface area contributed by atoms with Crippen LogP contribution in [0.25, 0.3) is 0 Å². The molecule has 2 heterocycles. The molecule has 1 aliphatic heterocycles. The maximum absolute atomic E-state index is 13.1. The summed E-state index contributed by atoms with van der Waals surface area (Å²) >= 11 is 0. The average Bonchev–Trinajstić information content (AvgIpc) is 2.91. The Kier molecular flexibility index (Phi) is 8.85. The van der Waals surface area contributed by atoms with Gasteiger partial charge in [-0.05, 0) is 48.4 Å². The zero-order valence-corrected chi connectivity index (χ0v) is 20.2. The van der Waals surface area contributed by atoms with Crippen LogP contribution >= 0.6 is 0 Å². The van der Waals surface area contributed by atoms with Crippen LogP contribution in [-0.4, -0.2) is 66.1 Å². The molecule has 1 saturated heterocycles. The summed E-state index contributed by atoms with van der Waals surface area (Å²) < 4.78 is 5.42. The minimum Gasteiger partial charge on any atom is -0.397 e. The standard InChI is InChI=1S/C27H32N6O3/c28-24-6-1-2-7-25(24)31-26(34)22-10-8-21(9-11-22)20-33(14-4-13-32-15-17-36-18-16-32)27(35)30-23-5-3-12-29-19-23/h1-3,5-12,19H,4,13-18,20,28H2,(H,30,35)(H,31,34). The van der Waals surface area contributed by atoms with Gasteiger partial charge in [0.05, 0.1) is 36.5 Å². The lowest BCUT2D eigenvalue weighted by molar-refractivity contribution is 0.0365. The van der Waals surface area contributed by atoms with Crippen molar-refractivity contribution in [3.8, 4) is 0 Å². The largest absolute Gasteiger partial charge is 0.397 e. The summed E-state index contributed by atoms with van der Waals surface area (Å²) in [7, 11) is 0. The Morgan fingerprint density at radius 2 is 1.78 bits per heavy atom. The Morgan fingerprint density at radius 3 is 2.50 bits per heavy atom. The quantitative estimate of drug-likeness (QED) is 0.396. The van der Waals surface area contributed by atoms with Crippen molar-refractivity contribution in [2.24, 2.45) is 0 Å². The van der Waals surface area contributed by atoms with Crippen molar-refractivity contribution in [2.75, 3.05) is 55.8 Å². The maximum Gasteiger partial charge on any atom is 0.322 e. The minimum absolute atomic E-state index is 0.189. The summed E-state index contributed by atoms with van der Waals surface area (Å²) in [6.45, 7) is 5.26. The first-order valence-corrected chi connectivity index (χ1v) is 12.1. The van der Waals surface area contributed by atoms with E-state index in [4.69, 9.17) is 10.5 Å². The molecule has 9 nitrogen and oxygen atoms in total. The number of amides is 3. The van der Waals surface area contributed by atoms with Crippen molar-refractivity contribution in [1.82, 2.24) is 14.8 Å². The lowest BCUT2D eigenvalue weighted by Gasteiger charge is -2.28. The molecule has 188 valence electrons. The molecule has 9 heteroatoms. The Bertz CT molecular complexity index is 1130. The first-order chi connectivity index (χ1) is 17.6. The highest BCUT2D eigenvalue weighted by Crippen LogP contribution is 2.18. The molecule has 0 unspecified atom stereocenters. The molecule has 0 saturated carbocycles. The van der Waals surface area contributed by atoms with E-state index in [1.54, 1.807) is 47.6 Å². The molecule has 36 heavy (non-hydrogen) atoms. The zero-order chi connectivity index (χ0) is 25.2. The highest BCUT2D eigenvalue weighted by molar-refractivity contribution is 6.05. The van der Waals surface area contributed by atoms with Gasteiger partial charge in [-0.15, -0.1) is 0 Å². The van der Waals surface area contributed by atoms with Crippen molar-refractivity contribution in [2.45, 2.75) is 13.0 Å². The first-order valence-electron chi connectivity index (χ1n) is 12.1. The van der Waals surface area contributed by atoms with E-state index >= 15 is 0 Å². The van der Waals surface area contributed by atoms with Crippen LogP contribution < -0.4 is 16.4 Å². The maximum atomic E-state index is 13.1. The van der Waals surface area contributed by atoms with E-state index in [-0.39, 0.29) is 11.9 Å². The number of benzene rings is 2. The molecule has 2 aromatic carbocycles. The Hall–Kier alpha value is -3.95. The Balaban J connectivity index is 1.39. The molecule has 3 aromatic rings. The van der Waals surface area contributed by atoms with Crippen LogP contribution in [0.5, 0.6) is 0 Å². The number of urea groups is 1. The molecular formula is C27H32N6O3. The number of pyridine rings is 1. The second-order valence-electron chi connectivity index (χ2n) is 8.64. The van der Waals surface area contributed by atoms with E-state index in [0.717, 1.165) is 44.8 Å². The van der Waals surface area contributed by atoms with Crippen LogP contribution in [0.1, 0.15) is 22.3 Å². The lowest BCUT2D eigenvalue weighted by atomic mass is 10.1. The van der Waals surface area contributed by atoms with Crippen molar-refractivity contribution < 1.29 is 14.3 Å². The Labute approximate surface area is 211 Å². The topological polar surface area (TPSA) is 113 Å². The molecule has 4 N–H and O–H groups in total. The van der Waals surface area contributed by atoms with Gasteiger partial charge in [-0.1, -0.05) is 24.3 Å². The molecule has 0 atom stereocenters. The van der Waals surface area contributed by atoms with Crippen LogP contribution in [0.2, 0.25) is 0 Å². The summed E-state index contributed by atoms with van der Waals surface area (Å²) in [6.07, 6.45) is 4.13. The molecule has 0 spiro atoms. The fourth-order valence-electron chi connectivity index (χ4n) is 3.99. The van der Waals surface area contributed by atoms with E-state index in [0.29, 0.717) is 35.7 Å². The smallest absolute Gasteiger partial charge is 0.322 e. The normalized spacial score (nSPS) is 13.7. The van der Waals surface area contributed by atoms with E-state index in [9.17, 15) is 9.59 Å². The van der Waals surface area contributed by atoms with E-state index in [2.05, 4.69) is 20.5 Å². The van der Waals surface area contributed by atoms with Crippen molar-refractivity contribution in [3.63, 3.8) is 0 Å². The highest BCUT2D eigenvalue weighted by Gasteiger charge is 2.17. The van der Waals surface area contributed by atoms with Gasteiger partial charge in [-0.25, -0.2) is 4.79 Å². The fourth-order valence-corrected chi connectivity index (χ4v) is 3.99. The third kappa shape index (κ3) is 7.27. The fraction of sp³-hybridized carbons (Fsp3) is 0.296. The molecule has 0 bridgehead atoms. The third-order valence-corrected chi connectivity index (χ3v) is 6.00. The number of carbonyl (C=O) groups excluding carboxylic acids is 2. The average molecular weight is 489 g/mol. The van der Waals surface area contributed by atoms with Crippen molar-refractivity contribution in [1.29, 1.82) is 0 Å². The SMILES string of the molecule is Nc1ccccc1NC(=O)c1ccc(CN(CCCN2CCOCC2)C(=O)Nc2cccnc2)cc1. The van der Waals surface area contributed by atoms with Gasteiger partial charge in [0.15, 0.2) is 0 Å². The summed E-state index contributed by atoms with van der Waals surface area (Å²) in [5.41, 5.74) is 9.10. The molecule has 1 aromatic heterocycles. The predicted molar refractivity (Wildman–Crippen MR) is 141 cm³/mol. The number of nitrogen functional groups attached to an aromatic ring is 1. The molecule has 1 fully saturated rings. The number of anilines is 3. The monoisotopic (exact) mass is 488 g/mol. The van der Waals surface area contributed by atoms with Gasteiger partial charge in [0.1, 0.15) is 0 Å². The van der Waals surface area contributed by atoms with Gasteiger partial charge < -0.3 is 26.0 Å². The van der Waals surface area contributed by atoms with Crippen molar-refractivity contribution >= 4 is 29.0 Å². The van der Waals surface area contributed by atoms with Crippen LogP contribution in [0.4, 0.5) is 21.9 Å². The van der Waals surface area contributed by atoms with Gasteiger partial charge in [-0.2, -0.15) is 0 Å². The molecule has 0 radical (unpaired) electrons. The van der Waals surface area contributed by atoms with E-state index in [1.807, 2.05) is 30.3 Å². The number of hydrogen-bond donors (Lipinski definition) is 3. The highest BCUT2D eigenvalue weighted by atomic mass is 16.5. The van der Waals surface area contributed by atoms with Crippen LogP contribution in [0.15, 0.2) is 73.1 Å². The Morgan fingerprint density at radius 1 is 1.00 bits per heavy atom. The second kappa shape index (κ2) is 12.7. The van der Waals surface area contributed by atoms with Gasteiger partial charge in [-0.3, -0.25) is 14.7 Å². The summed E-state index contributed by atoms with van der Waals surface area (Å²) in [4.78, 5) is 33.9. The third-order valence-electron chi connectivity index (χ3n) is 6.00. The van der Waals surface area contributed by atoms with Crippen LogP contribution in [-0.2, 0) is 11.3 Å². The summed E-state index contributed by atoms with van der Waals surface area (Å²) in [5.74, 6) is -0.240. The molecule has 3 amide bonds. The van der Waals surface area contributed by atoms with Crippen LogP contribution in [0.3, 0.4) is 0 Å². The molecule has 4 rings (SSSR count). The number of nitrogens with zero attached hydrogens (tertiary/aromatic N) is 3. The van der Waals surface area contributed by atoms with E-state index < -0.39 is 0 Å². The number of morpholine rings is 1. The number of carbonyl (C=O) groups is 2. The van der Waals surface area contributed by atoms with E-state index in [1.165, 1.54) is 0 Å².